The fraction of sp³-hybridized carbons (Fsp3) is 0.381. The van der Waals surface area contributed by atoms with Gasteiger partial charge in [-0.2, -0.15) is 4.31 Å². The first-order valence-corrected chi connectivity index (χ1v) is 12.6. The molecule has 0 spiro atoms. The van der Waals surface area contributed by atoms with Crippen molar-refractivity contribution in [3.05, 3.63) is 57.2 Å². The minimum absolute atomic E-state index is 0.105. The lowest BCUT2D eigenvalue weighted by Gasteiger charge is -2.34. The maximum absolute atomic E-state index is 13.5. The largest absolute Gasteiger partial charge is 0.338 e. The van der Waals surface area contributed by atoms with Gasteiger partial charge in [-0.05, 0) is 43.0 Å². The molecule has 2 aliphatic rings. The Hall–Kier alpha value is -2.63. The third-order valence-corrected chi connectivity index (χ3v) is 9.12. The van der Waals surface area contributed by atoms with E-state index in [0.717, 1.165) is 35.7 Å². The summed E-state index contributed by atoms with van der Waals surface area (Å²) >= 11 is 1.55. The van der Waals surface area contributed by atoms with Crippen LogP contribution in [-0.2, 0) is 34.2 Å². The van der Waals surface area contributed by atoms with Crippen molar-refractivity contribution in [1.29, 1.82) is 0 Å². The lowest BCUT2D eigenvalue weighted by molar-refractivity contribution is -0.133. The van der Waals surface area contributed by atoms with Crippen molar-refractivity contribution in [3.63, 3.8) is 0 Å². The Morgan fingerprint density at radius 3 is 2.69 bits per heavy atom. The van der Waals surface area contributed by atoms with E-state index in [1.54, 1.807) is 16.2 Å². The minimum atomic E-state index is -3.83. The van der Waals surface area contributed by atoms with E-state index in [9.17, 15) is 22.4 Å². The maximum atomic E-state index is 13.5. The zero-order chi connectivity index (χ0) is 22.5. The van der Waals surface area contributed by atoms with Gasteiger partial charge in [0.15, 0.2) is 0 Å². The van der Waals surface area contributed by atoms with Crippen molar-refractivity contribution in [2.45, 2.75) is 30.7 Å². The molecular weight excluding hydrogens is 455 g/mol. The number of nitrogens with zero attached hydrogens (tertiary/aromatic N) is 4. The second-order valence-electron chi connectivity index (χ2n) is 7.96. The zero-order valence-electron chi connectivity index (χ0n) is 17.2. The number of fused-ring (bicyclic) bond motifs is 3. The number of aromatic nitrogens is 2. The number of rotatable bonds is 4. The zero-order valence-corrected chi connectivity index (χ0v) is 18.8. The monoisotopic (exact) mass is 476 g/mol. The number of benzene rings is 1. The van der Waals surface area contributed by atoms with Crippen LogP contribution in [0, 0.1) is 5.82 Å². The Morgan fingerprint density at radius 2 is 1.94 bits per heavy atom. The Balaban J connectivity index is 1.28. The van der Waals surface area contributed by atoms with Gasteiger partial charge in [0.25, 0.3) is 5.56 Å². The van der Waals surface area contributed by atoms with Crippen molar-refractivity contribution in [2.24, 2.45) is 0 Å². The predicted octanol–water partition coefficient (Wildman–Crippen LogP) is 1.62. The molecule has 3 heterocycles. The molecular formula is C21H21FN4O4S2. The Bertz CT molecular complexity index is 1370. The van der Waals surface area contributed by atoms with Gasteiger partial charge in [0.2, 0.25) is 15.9 Å². The van der Waals surface area contributed by atoms with Gasteiger partial charge in [0.1, 0.15) is 17.2 Å². The van der Waals surface area contributed by atoms with Crippen LogP contribution in [0.3, 0.4) is 0 Å². The van der Waals surface area contributed by atoms with Crippen LogP contribution in [0.15, 0.2) is 40.3 Å². The van der Waals surface area contributed by atoms with Gasteiger partial charge in [0, 0.05) is 31.1 Å². The molecule has 1 aromatic carbocycles. The molecule has 32 heavy (non-hydrogen) atoms. The molecule has 1 amide bonds. The van der Waals surface area contributed by atoms with Crippen molar-refractivity contribution in [2.75, 3.05) is 26.2 Å². The lowest BCUT2D eigenvalue weighted by Crippen LogP contribution is -2.51. The number of piperazine rings is 1. The van der Waals surface area contributed by atoms with E-state index in [1.165, 1.54) is 38.3 Å². The van der Waals surface area contributed by atoms with Gasteiger partial charge in [-0.25, -0.2) is 17.8 Å². The number of hydrogen-bond acceptors (Lipinski definition) is 6. The molecule has 0 radical (unpaired) electrons. The molecule has 0 bridgehead atoms. The summed E-state index contributed by atoms with van der Waals surface area (Å²) in [5.74, 6) is -0.880. The molecule has 1 aliphatic carbocycles. The van der Waals surface area contributed by atoms with Crippen LogP contribution in [0.1, 0.15) is 16.9 Å². The van der Waals surface area contributed by atoms with Gasteiger partial charge >= 0.3 is 0 Å². The first kappa shape index (κ1) is 21.2. The summed E-state index contributed by atoms with van der Waals surface area (Å²) in [5.41, 5.74) is 0.871. The van der Waals surface area contributed by atoms with Crippen LogP contribution in [0.25, 0.3) is 10.2 Å². The van der Waals surface area contributed by atoms with E-state index in [0.29, 0.717) is 5.39 Å². The normalized spacial score (nSPS) is 17.1. The molecule has 3 aromatic rings. The average molecular weight is 477 g/mol. The Morgan fingerprint density at radius 1 is 1.16 bits per heavy atom. The van der Waals surface area contributed by atoms with Gasteiger partial charge in [-0.15, -0.1) is 11.3 Å². The molecule has 5 rings (SSSR count). The van der Waals surface area contributed by atoms with Crippen molar-refractivity contribution in [3.8, 4) is 0 Å². The smallest absolute Gasteiger partial charge is 0.262 e. The van der Waals surface area contributed by atoms with Gasteiger partial charge in [-0.1, -0.05) is 6.07 Å². The molecule has 0 saturated carbocycles. The second kappa shape index (κ2) is 8.05. The number of carbonyl (C=O) groups is 1. The SMILES string of the molecule is O=C(Cn1cnc2sc3c(c2c1=O)CCC3)N1CCN(S(=O)(=O)c2cccc(F)c2)CC1. The summed E-state index contributed by atoms with van der Waals surface area (Å²) in [4.78, 5) is 33.6. The number of aryl methyl sites for hydroxylation is 2. The molecule has 0 N–H and O–H groups in total. The van der Waals surface area contributed by atoms with E-state index in [4.69, 9.17) is 0 Å². The maximum Gasteiger partial charge on any atom is 0.262 e. The number of sulfonamides is 1. The summed E-state index contributed by atoms with van der Waals surface area (Å²) in [5, 5.41) is 0.629. The number of hydrogen-bond donors (Lipinski definition) is 0. The molecule has 0 unspecified atom stereocenters. The highest BCUT2D eigenvalue weighted by Gasteiger charge is 2.30. The van der Waals surface area contributed by atoms with Crippen molar-refractivity contribution < 1.29 is 17.6 Å². The predicted molar refractivity (Wildman–Crippen MR) is 118 cm³/mol. The van der Waals surface area contributed by atoms with E-state index in [-0.39, 0.29) is 49.1 Å². The molecule has 2 aromatic heterocycles. The quantitative estimate of drug-likeness (QED) is 0.571. The highest BCUT2D eigenvalue weighted by atomic mass is 32.2. The molecule has 1 saturated heterocycles. The minimum Gasteiger partial charge on any atom is -0.338 e. The van der Waals surface area contributed by atoms with Crippen molar-refractivity contribution >= 4 is 37.5 Å². The van der Waals surface area contributed by atoms with E-state index >= 15 is 0 Å². The van der Waals surface area contributed by atoms with Crippen LogP contribution in [0.5, 0.6) is 0 Å². The summed E-state index contributed by atoms with van der Waals surface area (Å²) in [7, 11) is -3.83. The Kier molecular flexibility index (Phi) is 5.34. The molecule has 0 atom stereocenters. The lowest BCUT2D eigenvalue weighted by atomic mass is 10.2. The van der Waals surface area contributed by atoms with Crippen LogP contribution in [-0.4, -0.2) is 59.3 Å². The summed E-state index contributed by atoms with van der Waals surface area (Å²) in [6.45, 7) is 0.476. The number of halogens is 1. The molecule has 8 nitrogen and oxygen atoms in total. The molecule has 11 heteroatoms. The Labute approximate surface area is 188 Å². The summed E-state index contributed by atoms with van der Waals surface area (Å²) in [6.07, 6.45) is 4.29. The number of carbonyl (C=O) groups excluding carboxylic acids is 1. The first-order chi connectivity index (χ1) is 15.3. The van der Waals surface area contributed by atoms with Gasteiger partial charge in [0.05, 0.1) is 16.6 Å². The summed E-state index contributed by atoms with van der Waals surface area (Å²) < 4.78 is 41.5. The van der Waals surface area contributed by atoms with Crippen LogP contribution in [0.4, 0.5) is 4.39 Å². The fourth-order valence-electron chi connectivity index (χ4n) is 4.33. The van der Waals surface area contributed by atoms with Crippen molar-refractivity contribution in [1.82, 2.24) is 18.8 Å². The third kappa shape index (κ3) is 3.63. The van der Waals surface area contributed by atoms with Crippen LogP contribution < -0.4 is 5.56 Å². The topological polar surface area (TPSA) is 92.6 Å². The highest BCUT2D eigenvalue weighted by Crippen LogP contribution is 2.34. The number of amides is 1. The number of thiophene rings is 1. The molecule has 1 fully saturated rings. The standard InChI is InChI=1S/C21H21FN4O4S2/c22-14-3-1-4-15(11-14)32(29,30)26-9-7-24(8-10-26)18(27)12-25-13-23-20-19(21(25)28)16-5-2-6-17(16)31-20/h1,3-4,11,13H,2,5-10,12H2. The second-order valence-corrected chi connectivity index (χ2v) is 11.0. The van der Waals surface area contributed by atoms with E-state index in [2.05, 4.69) is 4.98 Å². The van der Waals surface area contributed by atoms with E-state index < -0.39 is 15.8 Å². The van der Waals surface area contributed by atoms with E-state index in [1.807, 2.05) is 0 Å². The summed E-state index contributed by atoms with van der Waals surface area (Å²) in [6, 6.07) is 4.89. The van der Waals surface area contributed by atoms with Crippen LogP contribution >= 0.6 is 11.3 Å². The molecule has 168 valence electrons. The van der Waals surface area contributed by atoms with Gasteiger partial charge in [-0.3, -0.25) is 14.2 Å². The first-order valence-electron chi connectivity index (χ1n) is 10.4. The fourth-order valence-corrected chi connectivity index (χ4v) is 7.01. The molecule has 1 aliphatic heterocycles. The van der Waals surface area contributed by atoms with Gasteiger partial charge < -0.3 is 4.90 Å². The highest BCUT2D eigenvalue weighted by molar-refractivity contribution is 7.89. The average Bonchev–Trinajstić information content (AvgIpc) is 3.37. The third-order valence-electron chi connectivity index (χ3n) is 6.02. The van der Waals surface area contributed by atoms with Crippen LogP contribution in [0.2, 0.25) is 0 Å².